The smallest absolute Gasteiger partial charge is 0.340 e. The topological polar surface area (TPSA) is 86.8 Å². The molecule has 1 saturated heterocycles. The van der Waals surface area contributed by atoms with Gasteiger partial charge in [-0.25, -0.2) is 12.8 Å². The zero-order chi connectivity index (χ0) is 29.5. The normalized spacial score (nSPS) is 25.0. The van der Waals surface area contributed by atoms with Crippen molar-refractivity contribution in [1.29, 1.82) is 0 Å². The van der Waals surface area contributed by atoms with E-state index in [0.717, 1.165) is 12.5 Å². The SMILES string of the molecule is CC(C)N(C)C1CCC(N2CCC(NC(=O)c3ccc(F)c(C(F)(F)F)c3)C2=O)[C@H](CS(=O)(=O)C(C)(C)C)C1. The number of benzene rings is 1. The van der Waals surface area contributed by atoms with Gasteiger partial charge in [0, 0.05) is 30.2 Å². The van der Waals surface area contributed by atoms with Crippen LogP contribution in [-0.2, 0) is 20.8 Å². The van der Waals surface area contributed by atoms with E-state index >= 15 is 0 Å². The summed E-state index contributed by atoms with van der Waals surface area (Å²) in [6.45, 7) is 9.41. The second-order valence-corrected chi connectivity index (χ2v) is 14.8. The molecule has 12 heteroatoms. The summed E-state index contributed by atoms with van der Waals surface area (Å²) in [5, 5.41) is 2.49. The van der Waals surface area contributed by atoms with Crippen molar-refractivity contribution in [3.63, 3.8) is 0 Å². The van der Waals surface area contributed by atoms with Crippen LogP contribution in [-0.4, -0.2) is 78.3 Å². The number of nitrogens with one attached hydrogen (secondary N) is 1. The van der Waals surface area contributed by atoms with Gasteiger partial charge in [0.15, 0.2) is 9.84 Å². The molecule has 220 valence electrons. The number of sulfone groups is 1. The number of carbonyl (C=O) groups excluding carboxylic acids is 2. The van der Waals surface area contributed by atoms with E-state index in [2.05, 4.69) is 24.1 Å². The molecule has 7 nitrogen and oxygen atoms in total. The Morgan fingerprint density at radius 3 is 2.36 bits per heavy atom. The average Bonchev–Trinajstić information content (AvgIpc) is 3.16. The molecule has 3 rings (SSSR count). The van der Waals surface area contributed by atoms with Crippen LogP contribution in [0.15, 0.2) is 18.2 Å². The zero-order valence-corrected chi connectivity index (χ0v) is 24.1. The number of rotatable bonds is 7. The third-order valence-electron chi connectivity index (χ3n) is 8.15. The summed E-state index contributed by atoms with van der Waals surface area (Å²) in [4.78, 5) is 30.0. The summed E-state index contributed by atoms with van der Waals surface area (Å²) < 4.78 is 78.3. The Morgan fingerprint density at radius 1 is 1.15 bits per heavy atom. The molecule has 1 aliphatic heterocycles. The van der Waals surface area contributed by atoms with E-state index in [1.54, 1.807) is 25.7 Å². The molecule has 3 unspecified atom stereocenters. The predicted octanol–water partition coefficient (Wildman–Crippen LogP) is 4.27. The van der Waals surface area contributed by atoms with E-state index in [0.29, 0.717) is 31.5 Å². The molecule has 0 bridgehead atoms. The number of amides is 2. The summed E-state index contributed by atoms with van der Waals surface area (Å²) in [7, 11) is -1.47. The van der Waals surface area contributed by atoms with Gasteiger partial charge < -0.3 is 15.1 Å². The molecular formula is C27H39F4N3O4S. The van der Waals surface area contributed by atoms with Crippen molar-refractivity contribution in [3.8, 4) is 0 Å². The highest BCUT2D eigenvalue weighted by Crippen LogP contribution is 2.36. The molecule has 4 atom stereocenters. The lowest BCUT2D eigenvalue weighted by Crippen LogP contribution is -2.53. The fourth-order valence-corrected chi connectivity index (χ4v) is 6.85. The van der Waals surface area contributed by atoms with E-state index in [9.17, 15) is 35.6 Å². The molecule has 1 heterocycles. The number of carbonyl (C=O) groups is 2. The quantitative estimate of drug-likeness (QED) is 0.490. The molecular weight excluding hydrogens is 538 g/mol. The fraction of sp³-hybridized carbons (Fsp3) is 0.704. The number of likely N-dealkylation sites (tertiary alicyclic amines) is 1. The van der Waals surface area contributed by atoms with Crippen LogP contribution in [0.5, 0.6) is 0 Å². The third-order valence-corrected chi connectivity index (χ3v) is 10.9. The van der Waals surface area contributed by atoms with Crippen LogP contribution in [0.3, 0.4) is 0 Å². The zero-order valence-electron chi connectivity index (χ0n) is 23.3. The van der Waals surface area contributed by atoms with Crippen molar-refractivity contribution in [2.24, 2.45) is 5.92 Å². The summed E-state index contributed by atoms with van der Waals surface area (Å²) in [5.41, 5.74) is -1.96. The van der Waals surface area contributed by atoms with Crippen molar-refractivity contribution in [2.75, 3.05) is 19.3 Å². The molecule has 2 aliphatic rings. The van der Waals surface area contributed by atoms with Gasteiger partial charge in [-0.2, -0.15) is 13.2 Å². The van der Waals surface area contributed by atoms with E-state index in [1.807, 2.05) is 7.05 Å². The van der Waals surface area contributed by atoms with Crippen molar-refractivity contribution in [3.05, 3.63) is 35.1 Å². The number of hydrogen-bond acceptors (Lipinski definition) is 5. The molecule has 2 fully saturated rings. The first-order chi connectivity index (χ1) is 17.8. The molecule has 0 spiro atoms. The predicted molar refractivity (Wildman–Crippen MR) is 140 cm³/mol. The van der Waals surface area contributed by atoms with Crippen LogP contribution < -0.4 is 5.32 Å². The first-order valence-corrected chi connectivity index (χ1v) is 14.9. The Kier molecular flexibility index (Phi) is 9.11. The van der Waals surface area contributed by atoms with Crippen molar-refractivity contribution < 1.29 is 35.6 Å². The van der Waals surface area contributed by atoms with Gasteiger partial charge in [-0.1, -0.05) is 0 Å². The van der Waals surface area contributed by atoms with Crippen molar-refractivity contribution in [1.82, 2.24) is 15.1 Å². The Bertz CT molecular complexity index is 1180. The van der Waals surface area contributed by atoms with E-state index < -0.39 is 49.7 Å². The highest BCUT2D eigenvalue weighted by atomic mass is 32.2. The average molecular weight is 578 g/mol. The monoisotopic (exact) mass is 577 g/mol. The molecule has 39 heavy (non-hydrogen) atoms. The Hall–Kier alpha value is -2.21. The largest absolute Gasteiger partial charge is 0.419 e. The molecule has 1 aromatic rings. The van der Waals surface area contributed by atoms with E-state index in [1.165, 1.54) is 0 Å². The summed E-state index contributed by atoms with van der Waals surface area (Å²) in [6, 6.07) is 1.08. The minimum atomic E-state index is -4.97. The second-order valence-electron chi connectivity index (χ2n) is 12.0. The standard InChI is InChI=1S/C27H39F4N3O4S/c1-16(2)33(6)19-8-10-23(18(13-19)15-39(37,38)26(3,4)5)34-12-11-22(25(34)36)32-24(35)17-7-9-21(28)20(14-17)27(29,30)31/h7,9,14,16,18-19,22-23H,8,10-13,15H2,1-6H3,(H,32,35)/t18-,19?,22?,23?/m0/s1. The van der Waals surface area contributed by atoms with Gasteiger partial charge in [-0.3, -0.25) is 9.59 Å². The molecule has 0 radical (unpaired) electrons. The second kappa shape index (κ2) is 11.3. The van der Waals surface area contributed by atoms with Crippen molar-refractivity contribution >= 4 is 21.7 Å². The summed E-state index contributed by atoms with van der Waals surface area (Å²) in [5.74, 6) is -3.16. The summed E-state index contributed by atoms with van der Waals surface area (Å²) >= 11 is 0. The van der Waals surface area contributed by atoms with Gasteiger partial charge in [0.2, 0.25) is 5.91 Å². The fourth-order valence-electron chi connectivity index (χ4n) is 5.43. The highest BCUT2D eigenvalue weighted by Gasteiger charge is 2.45. The Labute approximate surface area is 228 Å². The minimum Gasteiger partial charge on any atom is -0.340 e. The first-order valence-electron chi connectivity index (χ1n) is 13.3. The lowest BCUT2D eigenvalue weighted by Gasteiger charge is -2.45. The number of hydrogen-bond donors (Lipinski definition) is 1. The maximum atomic E-state index is 13.6. The lowest BCUT2D eigenvalue weighted by atomic mass is 9.81. The minimum absolute atomic E-state index is 0.0692. The van der Waals surface area contributed by atoms with Crippen molar-refractivity contribution in [2.45, 2.75) is 95.4 Å². The van der Waals surface area contributed by atoms with Crippen LogP contribution >= 0.6 is 0 Å². The van der Waals surface area contributed by atoms with Gasteiger partial charge in [0.1, 0.15) is 11.9 Å². The van der Waals surface area contributed by atoms with Crippen LogP contribution in [0, 0.1) is 11.7 Å². The molecule has 1 aliphatic carbocycles. The maximum Gasteiger partial charge on any atom is 0.419 e. The summed E-state index contributed by atoms with van der Waals surface area (Å²) in [6.07, 6.45) is -2.74. The van der Waals surface area contributed by atoms with Gasteiger partial charge in [-0.05, 0) is 91.5 Å². The number of nitrogens with zero attached hydrogens (tertiary/aromatic N) is 2. The molecule has 1 saturated carbocycles. The molecule has 1 N–H and O–H groups in total. The van der Waals surface area contributed by atoms with E-state index in [4.69, 9.17) is 0 Å². The highest BCUT2D eigenvalue weighted by molar-refractivity contribution is 7.92. The van der Waals surface area contributed by atoms with Crippen LogP contribution in [0.1, 0.15) is 76.2 Å². The Balaban J connectivity index is 1.79. The number of alkyl halides is 3. The van der Waals surface area contributed by atoms with Gasteiger partial charge >= 0.3 is 6.18 Å². The maximum absolute atomic E-state index is 13.6. The van der Waals surface area contributed by atoms with Gasteiger partial charge in [-0.15, -0.1) is 0 Å². The van der Waals surface area contributed by atoms with Gasteiger partial charge in [0.05, 0.1) is 16.1 Å². The number of halogens is 4. The first kappa shape index (κ1) is 31.3. The van der Waals surface area contributed by atoms with Crippen LogP contribution in [0.4, 0.5) is 17.6 Å². The third kappa shape index (κ3) is 6.93. The Morgan fingerprint density at radius 2 is 1.79 bits per heavy atom. The van der Waals surface area contributed by atoms with Gasteiger partial charge in [0.25, 0.3) is 5.91 Å². The molecule has 0 aromatic heterocycles. The van der Waals surface area contributed by atoms with Crippen LogP contribution in [0.25, 0.3) is 0 Å². The molecule has 1 aromatic carbocycles. The molecule has 2 amide bonds. The van der Waals surface area contributed by atoms with Crippen LogP contribution in [0.2, 0.25) is 0 Å². The lowest BCUT2D eigenvalue weighted by molar-refractivity contribution is -0.140. The van der Waals surface area contributed by atoms with E-state index in [-0.39, 0.29) is 42.1 Å².